The summed E-state index contributed by atoms with van der Waals surface area (Å²) in [5.74, 6) is -0.345. The molecule has 4 N–H and O–H groups in total. The van der Waals surface area contributed by atoms with Gasteiger partial charge in [0.1, 0.15) is 0 Å². The Bertz CT molecular complexity index is 1320. The number of aromatic nitrogens is 6. The molecule has 9 heteroatoms. The molecule has 0 saturated carbocycles. The zero-order chi connectivity index (χ0) is 21.2. The number of hydrogen-bond donors (Lipinski definition) is 4. The van der Waals surface area contributed by atoms with Gasteiger partial charge in [0, 0.05) is 23.3 Å². The highest BCUT2D eigenvalue weighted by Crippen LogP contribution is 2.25. The van der Waals surface area contributed by atoms with E-state index in [1.807, 2.05) is 48.5 Å². The number of rotatable bonds is 6. The van der Waals surface area contributed by atoms with Crippen molar-refractivity contribution in [1.82, 2.24) is 30.2 Å². The Labute approximate surface area is 176 Å². The van der Waals surface area contributed by atoms with E-state index in [-0.39, 0.29) is 18.6 Å². The monoisotopic (exact) mass is 413 g/mol. The first-order valence-electron chi connectivity index (χ1n) is 9.71. The molecule has 0 radical (unpaired) electrons. The average Bonchev–Trinajstić information content (AvgIpc) is 3.56. The number of H-pyrrole nitrogens is 2. The molecule has 5 aromatic rings. The van der Waals surface area contributed by atoms with E-state index in [1.165, 1.54) is 0 Å². The molecule has 0 fully saturated rings. The summed E-state index contributed by atoms with van der Waals surface area (Å²) >= 11 is 0. The van der Waals surface area contributed by atoms with Crippen LogP contribution < -0.4 is 5.32 Å². The van der Waals surface area contributed by atoms with Gasteiger partial charge in [-0.2, -0.15) is 15.3 Å². The molecule has 0 aliphatic carbocycles. The molecule has 0 saturated heterocycles. The molecule has 0 bridgehead atoms. The van der Waals surface area contributed by atoms with E-state index in [0.29, 0.717) is 11.4 Å². The van der Waals surface area contributed by atoms with Crippen LogP contribution in [-0.4, -0.2) is 47.8 Å². The predicted octanol–water partition coefficient (Wildman–Crippen LogP) is 2.98. The normalized spacial score (nSPS) is 12.2. The van der Waals surface area contributed by atoms with Gasteiger partial charge >= 0.3 is 0 Å². The lowest BCUT2D eigenvalue weighted by Crippen LogP contribution is -2.15. The molecular formula is C22H19N7O2. The Morgan fingerprint density at radius 2 is 2.00 bits per heavy atom. The number of anilines is 1. The van der Waals surface area contributed by atoms with Gasteiger partial charge in [0.15, 0.2) is 5.69 Å². The van der Waals surface area contributed by atoms with E-state index in [0.717, 1.165) is 27.6 Å². The quantitative estimate of drug-likeness (QED) is 0.341. The molecule has 0 spiro atoms. The van der Waals surface area contributed by atoms with Gasteiger partial charge in [0.25, 0.3) is 5.91 Å². The molecule has 154 valence electrons. The fraction of sp³-hybridized carbons (Fsp3) is 0.0909. The standard InChI is InChI=1S/C22H19N7O2/c30-13-20(14-4-2-1-3-5-14)29-12-17(11-25-29)26-22(31)21-18-7-6-15(8-19(18)27-28-21)16-9-23-24-10-16/h1-12,20,30H,13H2,(H,23,24)(H,26,31)(H,27,28). The number of benzene rings is 2. The largest absolute Gasteiger partial charge is 0.394 e. The molecule has 1 unspecified atom stereocenters. The lowest BCUT2D eigenvalue weighted by Gasteiger charge is -2.14. The third kappa shape index (κ3) is 3.58. The second-order valence-corrected chi connectivity index (χ2v) is 7.09. The number of hydrogen-bond acceptors (Lipinski definition) is 5. The van der Waals surface area contributed by atoms with Crippen LogP contribution in [0.1, 0.15) is 22.1 Å². The van der Waals surface area contributed by atoms with Crippen LogP contribution >= 0.6 is 0 Å². The van der Waals surface area contributed by atoms with Crippen molar-refractivity contribution in [3.05, 3.63) is 84.6 Å². The minimum absolute atomic E-state index is 0.109. The van der Waals surface area contributed by atoms with Crippen molar-refractivity contribution in [1.29, 1.82) is 0 Å². The molecule has 2 aromatic carbocycles. The van der Waals surface area contributed by atoms with Crippen molar-refractivity contribution >= 4 is 22.5 Å². The van der Waals surface area contributed by atoms with Gasteiger partial charge in [0.05, 0.1) is 36.2 Å². The first-order valence-corrected chi connectivity index (χ1v) is 9.71. The minimum Gasteiger partial charge on any atom is -0.394 e. The van der Waals surface area contributed by atoms with Crippen LogP contribution in [0.5, 0.6) is 0 Å². The molecule has 0 aliphatic heterocycles. The van der Waals surface area contributed by atoms with Gasteiger partial charge in [-0.3, -0.25) is 19.7 Å². The molecule has 1 amide bonds. The SMILES string of the molecule is O=C(Nc1cnn(C(CO)c2ccccc2)c1)c1n[nH]c2cc(-c3cn[nH]c3)ccc12. The highest BCUT2D eigenvalue weighted by atomic mass is 16.3. The number of aliphatic hydroxyl groups is 1. The summed E-state index contributed by atoms with van der Waals surface area (Å²) < 4.78 is 1.63. The van der Waals surface area contributed by atoms with E-state index >= 15 is 0 Å². The lowest BCUT2D eigenvalue weighted by atomic mass is 10.1. The van der Waals surface area contributed by atoms with Crippen molar-refractivity contribution in [3.8, 4) is 11.1 Å². The smallest absolute Gasteiger partial charge is 0.276 e. The fourth-order valence-corrected chi connectivity index (χ4v) is 3.56. The van der Waals surface area contributed by atoms with Gasteiger partial charge in [0.2, 0.25) is 0 Å². The number of fused-ring (bicyclic) bond motifs is 1. The Balaban J connectivity index is 1.36. The van der Waals surface area contributed by atoms with Crippen molar-refractivity contribution in [2.75, 3.05) is 11.9 Å². The minimum atomic E-state index is -0.345. The molecule has 5 rings (SSSR count). The topological polar surface area (TPSA) is 125 Å². The summed E-state index contributed by atoms with van der Waals surface area (Å²) in [5.41, 5.74) is 4.41. The van der Waals surface area contributed by atoms with Gasteiger partial charge < -0.3 is 10.4 Å². The van der Waals surface area contributed by atoms with Crippen LogP contribution in [0.25, 0.3) is 22.0 Å². The van der Waals surface area contributed by atoms with Gasteiger partial charge in [-0.25, -0.2) is 0 Å². The second kappa shape index (κ2) is 7.88. The molecule has 3 heterocycles. The summed E-state index contributed by atoms with van der Waals surface area (Å²) in [7, 11) is 0. The van der Waals surface area contributed by atoms with Crippen LogP contribution in [0.3, 0.4) is 0 Å². The highest BCUT2D eigenvalue weighted by Gasteiger charge is 2.18. The van der Waals surface area contributed by atoms with Crippen LogP contribution in [0.15, 0.2) is 73.3 Å². The number of aliphatic hydroxyl groups excluding tert-OH is 1. The zero-order valence-corrected chi connectivity index (χ0v) is 16.4. The van der Waals surface area contributed by atoms with Crippen molar-refractivity contribution < 1.29 is 9.90 Å². The summed E-state index contributed by atoms with van der Waals surface area (Å²) in [6, 6.07) is 14.9. The van der Waals surface area contributed by atoms with Crippen molar-refractivity contribution in [2.24, 2.45) is 0 Å². The number of nitrogens with zero attached hydrogens (tertiary/aromatic N) is 4. The molecule has 3 aromatic heterocycles. The number of carbonyl (C=O) groups excluding carboxylic acids is 1. The molecular weight excluding hydrogens is 394 g/mol. The van der Waals surface area contributed by atoms with Crippen LogP contribution in [-0.2, 0) is 0 Å². The van der Waals surface area contributed by atoms with Crippen molar-refractivity contribution in [3.63, 3.8) is 0 Å². The number of nitrogens with one attached hydrogen (secondary N) is 3. The fourth-order valence-electron chi connectivity index (χ4n) is 3.56. The average molecular weight is 413 g/mol. The van der Waals surface area contributed by atoms with E-state index in [9.17, 15) is 9.90 Å². The molecule has 1 atom stereocenters. The van der Waals surface area contributed by atoms with Gasteiger partial charge in [-0.05, 0) is 23.3 Å². The molecule has 31 heavy (non-hydrogen) atoms. The maximum absolute atomic E-state index is 12.8. The number of aromatic amines is 2. The third-order valence-corrected chi connectivity index (χ3v) is 5.15. The van der Waals surface area contributed by atoms with Gasteiger partial charge in [-0.1, -0.05) is 36.4 Å². The summed E-state index contributed by atoms with van der Waals surface area (Å²) in [6.07, 6.45) is 6.78. The molecule has 0 aliphatic rings. The van der Waals surface area contributed by atoms with E-state index in [1.54, 1.807) is 29.5 Å². The lowest BCUT2D eigenvalue weighted by molar-refractivity contribution is 0.102. The highest BCUT2D eigenvalue weighted by molar-refractivity contribution is 6.11. The Hall–Kier alpha value is -4.24. The van der Waals surface area contributed by atoms with Crippen molar-refractivity contribution in [2.45, 2.75) is 6.04 Å². The van der Waals surface area contributed by atoms with Crippen LogP contribution in [0.4, 0.5) is 5.69 Å². The number of amides is 1. The summed E-state index contributed by atoms with van der Waals surface area (Å²) in [6.45, 7) is -0.109. The third-order valence-electron chi connectivity index (χ3n) is 5.15. The maximum atomic E-state index is 12.8. The van der Waals surface area contributed by atoms with Gasteiger partial charge in [-0.15, -0.1) is 0 Å². The Kier molecular flexibility index (Phi) is 4.77. The van der Waals surface area contributed by atoms with Crippen LogP contribution in [0.2, 0.25) is 0 Å². The molecule has 9 nitrogen and oxygen atoms in total. The van der Waals surface area contributed by atoms with E-state index in [2.05, 4.69) is 30.8 Å². The summed E-state index contributed by atoms with van der Waals surface area (Å²) in [5, 5.41) is 31.5. The maximum Gasteiger partial charge on any atom is 0.276 e. The Morgan fingerprint density at radius 3 is 2.77 bits per heavy atom. The van der Waals surface area contributed by atoms with E-state index in [4.69, 9.17) is 0 Å². The first-order chi connectivity index (χ1) is 15.2. The number of carbonyl (C=O) groups is 1. The first kappa shape index (κ1) is 18.8. The second-order valence-electron chi connectivity index (χ2n) is 7.09. The zero-order valence-electron chi connectivity index (χ0n) is 16.4. The Morgan fingerprint density at radius 1 is 1.13 bits per heavy atom. The van der Waals surface area contributed by atoms with Crippen LogP contribution in [0, 0.1) is 0 Å². The van der Waals surface area contributed by atoms with E-state index < -0.39 is 0 Å². The summed E-state index contributed by atoms with van der Waals surface area (Å²) in [4.78, 5) is 12.8. The predicted molar refractivity (Wildman–Crippen MR) is 116 cm³/mol.